The van der Waals surface area contributed by atoms with Crippen LogP contribution in [0, 0.1) is 0 Å². The molecular weight excluding hydrogens is 294 g/mol. The smallest absolute Gasteiger partial charge is 0.211 e. The molecule has 5 rings (SSSR count). The maximum Gasteiger partial charge on any atom is 0.211 e. The molecule has 1 saturated heterocycles. The van der Waals surface area contributed by atoms with Gasteiger partial charge in [-0.15, -0.1) is 0 Å². The van der Waals surface area contributed by atoms with Gasteiger partial charge in [-0.1, -0.05) is 6.04 Å². The summed E-state index contributed by atoms with van der Waals surface area (Å²) in [6.45, 7) is -3.26. The third-order valence-electron chi connectivity index (χ3n) is 5.41. The molecule has 1 N–H and O–H groups in total. The predicted octanol–water partition coefficient (Wildman–Crippen LogP) is 1.05. The second kappa shape index (κ2) is 4.08. The summed E-state index contributed by atoms with van der Waals surface area (Å²) in [7, 11) is 1.17. The molecule has 122 valence electrons. The molecule has 5 heteroatoms. The lowest BCUT2D eigenvalue weighted by atomic mass is 9.49. The Labute approximate surface area is 150 Å². The number of ketones is 1. The minimum absolute atomic E-state index is 0.164. The number of likely N-dealkylation sites (tertiary alicyclic amines) is 1. The van der Waals surface area contributed by atoms with Gasteiger partial charge < -0.3 is 19.5 Å². The molecule has 2 bridgehead atoms. The van der Waals surface area contributed by atoms with Gasteiger partial charge in [0.1, 0.15) is 0 Å². The number of methoxy groups -OCH3 is 1. The van der Waals surface area contributed by atoms with Crippen molar-refractivity contribution >= 4 is 5.78 Å². The molecule has 0 amide bonds. The highest BCUT2D eigenvalue weighted by Crippen LogP contribution is 2.64. The number of ether oxygens (including phenoxy) is 2. The summed E-state index contributed by atoms with van der Waals surface area (Å²) in [5.41, 5.74) is -4.99. The van der Waals surface area contributed by atoms with Gasteiger partial charge >= 0.3 is 0 Å². The summed E-state index contributed by atoms with van der Waals surface area (Å²) >= 11 is 0. The van der Waals surface area contributed by atoms with Crippen LogP contribution < -0.4 is 9.47 Å². The van der Waals surface area contributed by atoms with E-state index in [2.05, 4.69) is 0 Å². The first-order valence-corrected chi connectivity index (χ1v) is 7.36. The van der Waals surface area contributed by atoms with Crippen molar-refractivity contribution in [3.63, 3.8) is 0 Å². The molecule has 23 heavy (non-hydrogen) atoms. The topological polar surface area (TPSA) is 59.0 Å². The number of Topliss-reactive ketones (excluding diaryl/α,β-unsaturated/α-hetero) is 1. The highest BCUT2D eigenvalue weighted by atomic mass is 16.5. The van der Waals surface area contributed by atoms with Crippen molar-refractivity contribution in [2.24, 2.45) is 0 Å². The fourth-order valence-corrected chi connectivity index (χ4v) is 4.39. The monoisotopic (exact) mass is 326 g/mol. The van der Waals surface area contributed by atoms with Crippen molar-refractivity contribution in [3.05, 3.63) is 23.2 Å². The number of likely N-dealkylation sites (N-methyl/N-ethyl adjacent to an activating group) is 1. The van der Waals surface area contributed by atoms with E-state index in [9.17, 15) is 6.17 Å². The molecule has 1 saturated carbocycles. The molecule has 4 aliphatic rings. The quantitative estimate of drug-likeness (QED) is 0.880. The van der Waals surface area contributed by atoms with E-state index in [1.807, 2.05) is 0 Å². The Morgan fingerprint density at radius 1 is 1.65 bits per heavy atom. The summed E-state index contributed by atoms with van der Waals surface area (Å²) in [5.74, 6) is -1.98. The second-order valence-corrected chi connectivity index (χ2v) is 6.26. The van der Waals surface area contributed by atoms with Crippen molar-refractivity contribution in [2.45, 2.75) is 48.7 Å². The zero-order chi connectivity index (χ0) is 25.4. The van der Waals surface area contributed by atoms with Crippen molar-refractivity contribution in [3.8, 4) is 11.5 Å². The standard InChI is InChI=1S/C18H21NO4/c1-19-8-7-17-14-10-3-4-12(22-2)15(14)23-16(17)11(20)5-6-18(17,21)13(19)9-10/h3-4,13,16,21H,5-9H2,1-2H3/t13-,16?,17+,18-/m1/s1/i1D3,3D,4D,5D2,9D2,16D,21D. The lowest BCUT2D eigenvalue weighted by Gasteiger charge is -2.62. The van der Waals surface area contributed by atoms with E-state index in [1.165, 1.54) is 7.11 Å². The highest BCUT2D eigenvalue weighted by molar-refractivity contribution is 5.90. The molecule has 2 aliphatic heterocycles. The van der Waals surface area contributed by atoms with Crippen LogP contribution >= 0.6 is 0 Å². The maximum atomic E-state index is 13.4. The van der Waals surface area contributed by atoms with Gasteiger partial charge in [0.05, 0.1) is 22.2 Å². The number of rotatable bonds is 2. The molecule has 1 aromatic rings. The van der Waals surface area contributed by atoms with Crippen molar-refractivity contribution in [2.75, 3.05) is 20.6 Å². The van der Waals surface area contributed by atoms with Gasteiger partial charge in [-0.2, -0.15) is 0 Å². The van der Waals surface area contributed by atoms with Crippen molar-refractivity contribution < 1.29 is 33.1 Å². The van der Waals surface area contributed by atoms with E-state index in [0.29, 0.717) is 0 Å². The van der Waals surface area contributed by atoms with Crippen LogP contribution in [0.2, 0.25) is 0 Å². The Morgan fingerprint density at radius 2 is 2.57 bits per heavy atom. The maximum absolute atomic E-state index is 13.4. The molecule has 4 atom stereocenters. The number of benzene rings is 1. The molecule has 2 heterocycles. The minimum atomic E-state index is -2.91. The summed E-state index contributed by atoms with van der Waals surface area (Å²) in [6.07, 6.45) is -9.62. The molecule has 2 aliphatic carbocycles. The number of carbonyl (C=O) groups is 1. The number of nitrogens with zero attached hydrogens (tertiary/aromatic N) is 1. The van der Waals surface area contributed by atoms with E-state index in [1.54, 1.807) is 0 Å². The Hall–Kier alpha value is -1.59. The lowest BCUT2D eigenvalue weighted by Crippen LogP contribution is -2.76. The van der Waals surface area contributed by atoms with Crippen LogP contribution in [-0.4, -0.2) is 55.6 Å². The normalized spacial score (nSPS) is 55.6. The third-order valence-corrected chi connectivity index (χ3v) is 5.41. The summed E-state index contributed by atoms with van der Waals surface area (Å²) in [6, 6.07) is -3.12. The number of piperidine rings is 1. The average molecular weight is 326 g/mol. The predicted molar refractivity (Wildman–Crippen MR) is 83.0 cm³/mol. The Morgan fingerprint density at radius 3 is 3.35 bits per heavy atom. The van der Waals surface area contributed by atoms with Crippen LogP contribution in [0.3, 0.4) is 0 Å². The summed E-state index contributed by atoms with van der Waals surface area (Å²) < 4.78 is 104. The minimum Gasteiger partial charge on any atom is -0.493 e. The van der Waals surface area contributed by atoms with Gasteiger partial charge in [0.15, 0.2) is 23.4 Å². The molecule has 2 fully saturated rings. The molecule has 1 spiro atoms. The molecule has 0 radical (unpaired) electrons. The van der Waals surface area contributed by atoms with Crippen molar-refractivity contribution in [1.29, 1.82) is 1.43 Å². The largest absolute Gasteiger partial charge is 0.493 e. The number of hydrogen-bond acceptors (Lipinski definition) is 5. The molecular formula is C18H21NO4. The summed E-state index contributed by atoms with van der Waals surface area (Å²) in [4.78, 5) is 14.2. The number of aliphatic hydroxyl groups is 1. The van der Waals surface area contributed by atoms with E-state index in [4.69, 9.17) is 28.4 Å². The molecule has 5 nitrogen and oxygen atoms in total. The van der Waals surface area contributed by atoms with Crippen molar-refractivity contribution in [1.82, 2.24) is 4.90 Å². The first kappa shape index (κ1) is 6.73. The van der Waals surface area contributed by atoms with E-state index in [-0.39, 0.29) is 30.0 Å². The van der Waals surface area contributed by atoms with Gasteiger partial charge in [0, 0.05) is 27.6 Å². The van der Waals surface area contributed by atoms with Gasteiger partial charge in [-0.3, -0.25) is 4.79 Å². The fraction of sp³-hybridized carbons (Fsp3) is 0.611. The van der Waals surface area contributed by atoms with Gasteiger partial charge in [-0.25, -0.2) is 0 Å². The SMILES string of the molecule is [2H]O[C@@]12CC([2H])([2H])C(=O)C3([2H])Oc4c(OC)c([2H])c([2H])c5c4[C@@]31CCN(C([2H])([2H])[2H])[C@@H]2C5([2H])[2H]. The van der Waals surface area contributed by atoms with Crippen LogP contribution in [0.1, 0.15) is 44.0 Å². The van der Waals surface area contributed by atoms with Gasteiger partial charge in [0.25, 0.3) is 0 Å². The lowest BCUT2D eigenvalue weighted by molar-refractivity contribution is -0.185. The Bertz CT molecular complexity index is 1140. The Balaban J connectivity index is 2.03. The van der Waals surface area contributed by atoms with E-state index < -0.39 is 72.7 Å². The first-order chi connectivity index (χ1) is 15.5. The number of carbonyl (C=O) groups excluding carboxylic acids is 1. The fourth-order valence-electron chi connectivity index (χ4n) is 4.39. The van der Waals surface area contributed by atoms with Crippen LogP contribution in [0.4, 0.5) is 0 Å². The van der Waals surface area contributed by atoms with Gasteiger partial charge in [0.2, 0.25) is 1.43 Å². The highest BCUT2D eigenvalue weighted by Gasteiger charge is 2.72. The number of hydrogen-bond donors (Lipinski definition) is 1. The first-order valence-electron chi connectivity index (χ1n) is 12.8. The molecule has 1 aromatic carbocycles. The third kappa shape index (κ3) is 1.32. The average Bonchev–Trinajstić information content (AvgIpc) is 2.97. The molecule has 0 aromatic heterocycles. The summed E-state index contributed by atoms with van der Waals surface area (Å²) in [5, 5.41) is 5.13. The van der Waals surface area contributed by atoms with Crippen LogP contribution in [0.15, 0.2) is 12.1 Å². The van der Waals surface area contributed by atoms with Gasteiger partial charge in [-0.05, 0) is 44.3 Å². The van der Waals surface area contributed by atoms with Crippen LogP contribution in [-0.2, 0) is 16.6 Å². The second-order valence-electron chi connectivity index (χ2n) is 6.26. The Kier molecular flexibility index (Phi) is 1.19. The molecule has 1 unspecified atom stereocenters. The van der Waals surface area contributed by atoms with Crippen LogP contribution in [0.5, 0.6) is 11.5 Å². The zero-order valence-corrected chi connectivity index (χ0v) is 12.3. The van der Waals surface area contributed by atoms with E-state index in [0.717, 1.165) is 4.90 Å². The van der Waals surface area contributed by atoms with Crippen LogP contribution in [0.25, 0.3) is 0 Å². The van der Waals surface area contributed by atoms with E-state index >= 15 is 0 Å². The zero-order valence-electron chi connectivity index (χ0n) is 23.3.